The zero-order valence-corrected chi connectivity index (χ0v) is 16.2. The summed E-state index contributed by atoms with van der Waals surface area (Å²) in [5.74, 6) is 0.949. The Morgan fingerprint density at radius 3 is 2.00 bits per heavy atom. The molecule has 0 bridgehead atoms. The molecule has 2 heteroatoms. The van der Waals surface area contributed by atoms with Crippen molar-refractivity contribution in [3.05, 3.63) is 77.9 Å². The van der Waals surface area contributed by atoms with Gasteiger partial charge in [-0.05, 0) is 29.7 Å². The van der Waals surface area contributed by atoms with E-state index in [4.69, 9.17) is 4.74 Å². The lowest BCUT2D eigenvalue weighted by Gasteiger charge is -2.26. The number of ether oxygens (including phenoxy) is 1. The van der Waals surface area contributed by atoms with E-state index in [-0.39, 0.29) is 0 Å². The second-order valence-corrected chi connectivity index (χ2v) is 5.43. The molecule has 1 aliphatic rings. The summed E-state index contributed by atoms with van der Waals surface area (Å²) < 4.78 is 5.81. The Morgan fingerprint density at radius 2 is 1.44 bits per heavy atom. The molecular formula is C23H33NO. The molecule has 2 aromatic carbocycles. The molecule has 2 aromatic rings. The SMILES string of the molecule is C1=C(COc2ccccc2)CCN(Cc2ccccc2)C1.CC.CC. The third-order valence-corrected chi connectivity index (χ3v) is 3.80. The van der Waals surface area contributed by atoms with Gasteiger partial charge in [0.1, 0.15) is 12.4 Å². The van der Waals surface area contributed by atoms with Gasteiger partial charge in [-0.1, -0.05) is 82.3 Å². The Balaban J connectivity index is 0.000000730. The van der Waals surface area contributed by atoms with Crippen LogP contribution in [-0.2, 0) is 6.54 Å². The van der Waals surface area contributed by atoms with Crippen LogP contribution in [0.5, 0.6) is 5.75 Å². The average molecular weight is 340 g/mol. The van der Waals surface area contributed by atoms with Crippen molar-refractivity contribution in [1.29, 1.82) is 0 Å². The lowest BCUT2D eigenvalue weighted by atomic mass is 10.1. The molecule has 0 atom stereocenters. The van der Waals surface area contributed by atoms with Gasteiger partial charge in [0.05, 0.1) is 0 Å². The highest BCUT2D eigenvalue weighted by Gasteiger charge is 2.12. The molecule has 0 amide bonds. The quantitative estimate of drug-likeness (QED) is 0.624. The third kappa shape index (κ3) is 8.04. The van der Waals surface area contributed by atoms with Gasteiger partial charge in [0.15, 0.2) is 0 Å². The maximum absolute atomic E-state index is 5.81. The van der Waals surface area contributed by atoms with Gasteiger partial charge in [0.25, 0.3) is 0 Å². The first-order valence-electron chi connectivity index (χ1n) is 9.52. The minimum Gasteiger partial charge on any atom is -0.489 e. The molecule has 136 valence electrons. The molecule has 0 saturated heterocycles. The molecule has 2 nitrogen and oxygen atoms in total. The minimum atomic E-state index is 0.711. The van der Waals surface area contributed by atoms with Crippen molar-refractivity contribution in [2.45, 2.75) is 40.7 Å². The first-order valence-corrected chi connectivity index (χ1v) is 9.52. The zero-order valence-electron chi connectivity index (χ0n) is 16.2. The first kappa shape index (κ1) is 21.0. The third-order valence-electron chi connectivity index (χ3n) is 3.80. The molecule has 3 rings (SSSR count). The summed E-state index contributed by atoms with van der Waals surface area (Å²) in [6.07, 6.45) is 3.41. The van der Waals surface area contributed by atoms with Crippen molar-refractivity contribution in [3.63, 3.8) is 0 Å². The molecule has 1 heterocycles. The summed E-state index contributed by atoms with van der Waals surface area (Å²) in [7, 11) is 0. The molecule has 0 saturated carbocycles. The molecule has 0 spiro atoms. The van der Waals surface area contributed by atoms with Crippen LogP contribution in [0.2, 0.25) is 0 Å². The Morgan fingerprint density at radius 1 is 0.840 bits per heavy atom. The van der Waals surface area contributed by atoms with E-state index in [2.05, 4.69) is 41.3 Å². The van der Waals surface area contributed by atoms with Crippen molar-refractivity contribution in [3.8, 4) is 5.75 Å². The molecule has 0 aromatic heterocycles. The molecule has 0 N–H and O–H groups in total. The van der Waals surface area contributed by atoms with Crippen LogP contribution < -0.4 is 4.74 Å². The van der Waals surface area contributed by atoms with Gasteiger partial charge in [-0.25, -0.2) is 0 Å². The number of nitrogens with zero attached hydrogens (tertiary/aromatic N) is 1. The van der Waals surface area contributed by atoms with Crippen molar-refractivity contribution < 1.29 is 4.74 Å². The second kappa shape index (κ2) is 13.3. The van der Waals surface area contributed by atoms with Gasteiger partial charge < -0.3 is 4.74 Å². The lowest BCUT2D eigenvalue weighted by Crippen LogP contribution is -2.29. The maximum atomic E-state index is 5.81. The number of hydrogen-bond acceptors (Lipinski definition) is 2. The summed E-state index contributed by atoms with van der Waals surface area (Å²) in [6, 6.07) is 20.7. The number of hydrogen-bond donors (Lipinski definition) is 0. The average Bonchev–Trinajstić information content (AvgIpc) is 2.72. The van der Waals surface area contributed by atoms with Gasteiger partial charge in [0, 0.05) is 19.6 Å². The predicted molar refractivity (Wildman–Crippen MR) is 109 cm³/mol. The second-order valence-electron chi connectivity index (χ2n) is 5.43. The van der Waals surface area contributed by atoms with E-state index in [9.17, 15) is 0 Å². The van der Waals surface area contributed by atoms with E-state index >= 15 is 0 Å². The maximum Gasteiger partial charge on any atom is 0.119 e. The van der Waals surface area contributed by atoms with E-state index in [0.29, 0.717) is 6.61 Å². The van der Waals surface area contributed by atoms with Crippen LogP contribution in [0.15, 0.2) is 72.3 Å². The Kier molecular flexibility index (Phi) is 11.1. The van der Waals surface area contributed by atoms with E-state index in [1.807, 2.05) is 58.0 Å². The number of rotatable bonds is 5. The van der Waals surface area contributed by atoms with Gasteiger partial charge in [-0.2, -0.15) is 0 Å². The summed E-state index contributed by atoms with van der Waals surface area (Å²) >= 11 is 0. The van der Waals surface area contributed by atoms with Crippen molar-refractivity contribution in [2.75, 3.05) is 19.7 Å². The molecule has 25 heavy (non-hydrogen) atoms. The van der Waals surface area contributed by atoms with Crippen LogP contribution in [0.4, 0.5) is 0 Å². The van der Waals surface area contributed by atoms with Gasteiger partial charge in [-0.15, -0.1) is 0 Å². The predicted octanol–water partition coefficient (Wildman–Crippen LogP) is 5.95. The van der Waals surface area contributed by atoms with E-state index in [0.717, 1.165) is 31.8 Å². The smallest absolute Gasteiger partial charge is 0.119 e. The van der Waals surface area contributed by atoms with E-state index in [1.54, 1.807) is 0 Å². The number of benzene rings is 2. The van der Waals surface area contributed by atoms with Crippen molar-refractivity contribution >= 4 is 0 Å². The van der Waals surface area contributed by atoms with Crippen LogP contribution in [0.1, 0.15) is 39.7 Å². The normalized spacial score (nSPS) is 13.5. The molecule has 1 aliphatic heterocycles. The van der Waals surface area contributed by atoms with Gasteiger partial charge in [-0.3, -0.25) is 4.90 Å². The molecule has 0 radical (unpaired) electrons. The fourth-order valence-electron chi connectivity index (χ4n) is 2.56. The molecule has 0 fully saturated rings. The standard InChI is InChI=1S/C19H21NO.2C2H6/c1-3-7-17(8-4-1)15-20-13-11-18(12-14-20)16-21-19-9-5-2-6-10-19;2*1-2/h1-11H,12-16H2;2*1-2H3. The molecule has 0 unspecified atom stereocenters. The van der Waals surface area contributed by atoms with E-state index in [1.165, 1.54) is 11.1 Å². The van der Waals surface area contributed by atoms with Gasteiger partial charge >= 0.3 is 0 Å². The number of para-hydroxylation sites is 1. The first-order chi connectivity index (χ1) is 12.4. The monoisotopic (exact) mass is 339 g/mol. The van der Waals surface area contributed by atoms with Crippen LogP contribution >= 0.6 is 0 Å². The zero-order chi connectivity index (χ0) is 18.3. The Hall–Kier alpha value is -2.06. The highest BCUT2D eigenvalue weighted by molar-refractivity contribution is 5.22. The summed E-state index contributed by atoms with van der Waals surface area (Å²) in [5, 5.41) is 0. The summed E-state index contributed by atoms with van der Waals surface area (Å²) in [5.41, 5.74) is 2.79. The highest BCUT2D eigenvalue weighted by atomic mass is 16.5. The fraction of sp³-hybridized carbons (Fsp3) is 0.391. The molecule has 0 aliphatic carbocycles. The summed E-state index contributed by atoms with van der Waals surface area (Å²) in [6.45, 7) is 11.9. The Labute approximate surface area is 154 Å². The minimum absolute atomic E-state index is 0.711. The van der Waals surface area contributed by atoms with Crippen LogP contribution in [0.25, 0.3) is 0 Å². The Bertz CT molecular complexity index is 578. The largest absolute Gasteiger partial charge is 0.489 e. The van der Waals surface area contributed by atoms with Crippen LogP contribution in [0, 0.1) is 0 Å². The lowest BCUT2D eigenvalue weighted by molar-refractivity contribution is 0.270. The highest BCUT2D eigenvalue weighted by Crippen LogP contribution is 2.16. The van der Waals surface area contributed by atoms with Crippen molar-refractivity contribution in [2.24, 2.45) is 0 Å². The van der Waals surface area contributed by atoms with Crippen molar-refractivity contribution in [1.82, 2.24) is 4.90 Å². The summed E-state index contributed by atoms with van der Waals surface area (Å²) in [4.78, 5) is 2.47. The van der Waals surface area contributed by atoms with E-state index < -0.39 is 0 Å². The van der Waals surface area contributed by atoms with Crippen LogP contribution in [0.3, 0.4) is 0 Å². The van der Waals surface area contributed by atoms with Crippen LogP contribution in [-0.4, -0.2) is 24.6 Å². The van der Waals surface area contributed by atoms with Gasteiger partial charge in [0.2, 0.25) is 0 Å². The fourth-order valence-corrected chi connectivity index (χ4v) is 2.56. The topological polar surface area (TPSA) is 12.5 Å². The molecular weight excluding hydrogens is 306 g/mol.